The molecular weight excluding hydrogens is 342 g/mol. The molecule has 0 aliphatic carbocycles. The molecule has 3 rings (SSSR count). The van der Waals surface area contributed by atoms with Gasteiger partial charge in [0.15, 0.2) is 6.10 Å². The third-order valence-corrected chi connectivity index (χ3v) is 4.72. The van der Waals surface area contributed by atoms with E-state index in [0.29, 0.717) is 11.3 Å². The number of ether oxygens (including phenoxy) is 3. The van der Waals surface area contributed by atoms with Gasteiger partial charge >= 0.3 is 11.7 Å². The van der Waals surface area contributed by atoms with Gasteiger partial charge in [0, 0.05) is 23.4 Å². The van der Waals surface area contributed by atoms with Crippen LogP contribution in [0.2, 0.25) is 0 Å². The number of rotatable bonds is 3. The number of primary amides is 1. The van der Waals surface area contributed by atoms with E-state index in [9.17, 15) is 14.7 Å². The molecule has 8 heteroatoms. The fraction of sp³-hybridized carbons (Fsp3) is 0.444. The summed E-state index contributed by atoms with van der Waals surface area (Å²) in [6.45, 7) is 5.39. The first-order valence-corrected chi connectivity index (χ1v) is 8.20. The van der Waals surface area contributed by atoms with E-state index in [0.717, 1.165) is 5.39 Å². The number of nitrogens with two attached hydrogens (primary N) is 1. The van der Waals surface area contributed by atoms with Gasteiger partial charge in [0.25, 0.3) is 0 Å². The number of aliphatic hydroxyl groups excluding tert-OH is 1. The summed E-state index contributed by atoms with van der Waals surface area (Å²) in [7, 11) is 0. The van der Waals surface area contributed by atoms with Gasteiger partial charge in [0.05, 0.1) is 5.60 Å². The van der Waals surface area contributed by atoms with Crippen LogP contribution >= 0.6 is 0 Å². The molecule has 0 saturated carbocycles. The van der Waals surface area contributed by atoms with E-state index in [4.69, 9.17) is 24.4 Å². The quantitative estimate of drug-likeness (QED) is 0.797. The third-order valence-electron chi connectivity index (χ3n) is 4.72. The average Bonchev–Trinajstić information content (AvgIpc) is 2.56. The summed E-state index contributed by atoms with van der Waals surface area (Å²) >= 11 is 0. The second-order valence-corrected chi connectivity index (χ2v) is 6.84. The van der Waals surface area contributed by atoms with Crippen molar-refractivity contribution >= 4 is 17.1 Å². The summed E-state index contributed by atoms with van der Waals surface area (Å²) in [6, 6.07) is 7.87. The molecule has 1 aromatic heterocycles. The number of hydrogen-bond donors (Lipinski definition) is 2. The van der Waals surface area contributed by atoms with Crippen LogP contribution in [0.4, 0.5) is 4.79 Å². The van der Waals surface area contributed by atoms with Gasteiger partial charge in [0.2, 0.25) is 6.29 Å². The number of amides is 1. The molecule has 1 aliphatic rings. The summed E-state index contributed by atoms with van der Waals surface area (Å²) in [5.74, 6) is 0.0125. The van der Waals surface area contributed by atoms with Gasteiger partial charge in [-0.2, -0.15) is 0 Å². The molecule has 0 radical (unpaired) electrons. The minimum Gasteiger partial charge on any atom is -0.462 e. The lowest BCUT2D eigenvalue weighted by molar-refractivity contribution is -0.283. The molecule has 3 N–H and O–H groups in total. The molecule has 1 amide bonds. The van der Waals surface area contributed by atoms with E-state index >= 15 is 0 Å². The van der Waals surface area contributed by atoms with Gasteiger partial charge in [-0.1, -0.05) is 6.92 Å². The van der Waals surface area contributed by atoms with Gasteiger partial charge in [-0.15, -0.1) is 0 Å². The Bertz CT molecular complexity index is 875. The molecule has 0 bridgehead atoms. The van der Waals surface area contributed by atoms with Crippen molar-refractivity contribution in [1.82, 2.24) is 0 Å². The van der Waals surface area contributed by atoms with Crippen LogP contribution in [0.15, 0.2) is 39.5 Å². The second kappa shape index (κ2) is 6.62. The van der Waals surface area contributed by atoms with E-state index in [1.807, 2.05) is 0 Å². The Balaban J connectivity index is 1.87. The SMILES string of the molecule is C[C@@H]1[C@@H](OC(N)=O)[C@H](O)C(Oc2ccc3ccc(=O)oc3c2)OC1(C)C. The first kappa shape index (κ1) is 18.2. The molecule has 2 aromatic rings. The Morgan fingerprint density at radius 1 is 1.27 bits per heavy atom. The Labute approximate surface area is 149 Å². The molecule has 4 atom stereocenters. The number of aliphatic hydroxyl groups is 1. The molecular formula is C18H21NO7. The lowest BCUT2D eigenvalue weighted by Crippen LogP contribution is -2.60. The lowest BCUT2D eigenvalue weighted by Gasteiger charge is -2.47. The molecule has 26 heavy (non-hydrogen) atoms. The highest BCUT2D eigenvalue weighted by atomic mass is 16.7. The summed E-state index contributed by atoms with van der Waals surface area (Å²) in [4.78, 5) is 22.5. The number of fused-ring (bicyclic) bond motifs is 1. The van der Waals surface area contributed by atoms with Crippen LogP contribution in [0.5, 0.6) is 5.75 Å². The normalized spacial score (nSPS) is 27.8. The molecule has 8 nitrogen and oxygen atoms in total. The Morgan fingerprint density at radius 2 is 1.96 bits per heavy atom. The van der Waals surface area contributed by atoms with Crippen LogP contribution in [0.1, 0.15) is 20.8 Å². The van der Waals surface area contributed by atoms with Crippen LogP contribution in [-0.2, 0) is 9.47 Å². The zero-order valence-corrected chi connectivity index (χ0v) is 14.7. The predicted molar refractivity (Wildman–Crippen MR) is 91.7 cm³/mol. The van der Waals surface area contributed by atoms with Crippen molar-refractivity contribution in [3.05, 3.63) is 40.8 Å². The topological polar surface area (TPSA) is 121 Å². The highest BCUT2D eigenvalue weighted by Crippen LogP contribution is 2.37. The lowest BCUT2D eigenvalue weighted by atomic mass is 9.82. The molecule has 140 valence electrons. The summed E-state index contributed by atoms with van der Waals surface area (Å²) < 4.78 is 21.8. The molecule has 1 saturated heterocycles. The van der Waals surface area contributed by atoms with Crippen molar-refractivity contribution in [3.8, 4) is 5.75 Å². The fourth-order valence-electron chi connectivity index (χ4n) is 2.97. The zero-order chi connectivity index (χ0) is 19.1. The van der Waals surface area contributed by atoms with Crippen LogP contribution in [0.3, 0.4) is 0 Å². The van der Waals surface area contributed by atoms with Gasteiger partial charge < -0.3 is 29.5 Å². The van der Waals surface area contributed by atoms with Crippen LogP contribution in [0.25, 0.3) is 11.0 Å². The highest BCUT2D eigenvalue weighted by Gasteiger charge is 2.50. The molecule has 1 aliphatic heterocycles. The minimum atomic E-state index is -1.25. The number of carbonyl (C=O) groups is 1. The van der Waals surface area contributed by atoms with Crippen LogP contribution in [0, 0.1) is 5.92 Å². The van der Waals surface area contributed by atoms with Crippen molar-refractivity contribution in [2.75, 3.05) is 0 Å². The molecule has 2 heterocycles. The summed E-state index contributed by atoms with van der Waals surface area (Å²) in [5, 5.41) is 11.3. The van der Waals surface area contributed by atoms with E-state index in [1.165, 1.54) is 12.1 Å². The maximum Gasteiger partial charge on any atom is 0.404 e. The Morgan fingerprint density at radius 3 is 2.65 bits per heavy atom. The van der Waals surface area contributed by atoms with E-state index < -0.39 is 35.8 Å². The fourth-order valence-corrected chi connectivity index (χ4v) is 2.97. The number of hydrogen-bond acceptors (Lipinski definition) is 7. The molecule has 1 fully saturated rings. The number of benzene rings is 1. The molecule has 1 unspecified atom stereocenters. The third kappa shape index (κ3) is 3.51. The van der Waals surface area contributed by atoms with Gasteiger partial charge in [-0.3, -0.25) is 0 Å². The summed E-state index contributed by atoms with van der Waals surface area (Å²) in [5.41, 5.74) is 4.24. The van der Waals surface area contributed by atoms with Crippen molar-refractivity contribution in [1.29, 1.82) is 0 Å². The van der Waals surface area contributed by atoms with Gasteiger partial charge in [-0.05, 0) is 32.0 Å². The van der Waals surface area contributed by atoms with Gasteiger partial charge in [-0.25, -0.2) is 9.59 Å². The van der Waals surface area contributed by atoms with E-state index in [1.54, 1.807) is 39.0 Å². The average molecular weight is 363 g/mol. The first-order valence-electron chi connectivity index (χ1n) is 8.20. The monoisotopic (exact) mass is 363 g/mol. The van der Waals surface area contributed by atoms with Crippen molar-refractivity contribution < 1.29 is 28.5 Å². The smallest absolute Gasteiger partial charge is 0.404 e. The van der Waals surface area contributed by atoms with Crippen LogP contribution in [-0.4, -0.2) is 35.3 Å². The van der Waals surface area contributed by atoms with E-state index in [2.05, 4.69) is 0 Å². The van der Waals surface area contributed by atoms with Crippen molar-refractivity contribution in [2.45, 2.75) is 44.9 Å². The summed E-state index contributed by atoms with van der Waals surface area (Å²) in [6.07, 6.45) is -4.22. The highest BCUT2D eigenvalue weighted by molar-refractivity contribution is 5.77. The Kier molecular flexibility index (Phi) is 4.64. The predicted octanol–water partition coefficient (Wildman–Crippen LogP) is 1.77. The van der Waals surface area contributed by atoms with Crippen LogP contribution < -0.4 is 16.1 Å². The standard InChI is InChI=1S/C18H21NO7/c1-9-15(25-17(19)22)14(21)16(26-18(9,2)3)23-11-6-4-10-5-7-13(20)24-12(10)8-11/h4-9,14-16,21H,1-3H3,(H2,19,22)/t9-,14+,15-,16?/m1/s1. The van der Waals surface area contributed by atoms with Crippen molar-refractivity contribution in [3.63, 3.8) is 0 Å². The maximum atomic E-state index is 11.4. The van der Waals surface area contributed by atoms with Crippen molar-refractivity contribution in [2.24, 2.45) is 11.7 Å². The molecule has 1 aromatic carbocycles. The minimum absolute atomic E-state index is 0.320. The zero-order valence-electron chi connectivity index (χ0n) is 14.7. The molecule has 0 spiro atoms. The Hall–Kier alpha value is -2.58. The van der Waals surface area contributed by atoms with Gasteiger partial charge in [0.1, 0.15) is 17.4 Å². The largest absolute Gasteiger partial charge is 0.462 e. The van der Waals surface area contributed by atoms with E-state index in [-0.39, 0.29) is 5.92 Å². The maximum absolute atomic E-state index is 11.4. The second-order valence-electron chi connectivity index (χ2n) is 6.84. The first-order chi connectivity index (χ1) is 12.2. The number of carbonyl (C=O) groups excluding carboxylic acids is 1.